The number of esters is 1. The smallest absolute Gasteiger partial charge is 0.333 e. The van der Waals surface area contributed by atoms with E-state index in [1.807, 2.05) is 24.3 Å². The summed E-state index contributed by atoms with van der Waals surface area (Å²) in [7, 11) is 0. The molecule has 1 saturated heterocycles. The van der Waals surface area contributed by atoms with Crippen LogP contribution in [0.5, 0.6) is 0 Å². The number of rotatable bonds is 7. The van der Waals surface area contributed by atoms with Crippen LogP contribution in [0.25, 0.3) is 0 Å². The van der Waals surface area contributed by atoms with Gasteiger partial charge in [0.2, 0.25) is 11.8 Å². The van der Waals surface area contributed by atoms with Gasteiger partial charge < -0.3 is 10.1 Å². The molecule has 7 heteroatoms. The Morgan fingerprint density at radius 3 is 2.64 bits per heavy atom. The van der Waals surface area contributed by atoms with E-state index in [-0.39, 0.29) is 30.7 Å². The van der Waals surface area contributed by atoms with E-state index in [1.54, 1.807) is 6.92 Å². The van der Waals surface area contributed by atoms with Crippen LogP contribution in [-0.2, 0) is 25.5 Å². The molecule has 1 aromatic rings. The third-order valence-corrected chi connectivity index (χ3v) is 4.54. The standard InChI is InChI=1S/C18H22N2O4S/c1-3-5-13-6-8-14(9-7-13)19-15(21)11-20-16(22)12-25-17(20)10-18(23)24-4-2/h6-10H,3-5,11-12H2,1-2H3,(H,19,21)/b17-10-. The van der Waals surface area contributed by atoms with Crippen LogP contribution >= 0.6 is 11.8 Å². The van der Waals surface area contributed by atoms with Crippen molar-refractivity contribution >= 4 is 35.2 Å². The number of benzene rings is 1. The molecule has 0 aliphatic carbocycles. The Balaban J connectivity index is 1.97. The van der Waals surface area contributed by atoms with E-state index in [0.717, 1.165) is 12.8 Å². The molecule has 2 rings (SSSR count). The number of ether oxygens (including phenoxy) is 1. The maximum atomic E-state index is 12.2. The summed E-state index contributed by atoms with van der Waals surface area (Å²) in [5, 5.41) is 3.21. The number of nitrogens with zero attached hydrogens (tertiary/aromatic N) is 1. The molecule has 1 aliphatic rings. The van der Waals surface area contributed by atoms with E-state index in [1.165, 1.54) is 28.3 Å². The minimum absolute atomic E-state index is 0.131. The Morgan fingerprint density at radius 1 is 1.28 bits per heavy atom. The Kier molecular flexibility index (Phi) is 7.06. The lowest BCUT2D eigenvalue weighted by Gasteiger charge is -2.16. The van der Waals surface area contributed by atoms with E-state index < -0.39 is 5.97 Å². The first-order valence-electron chi connectivity index (χ1n) is 8.24. The van der Waals surface area contributed by atoms with Crippen molar-refractivity contribution in [2.75, 3.05) is 24.2 Å². The summed E-state index contributed by atoms with van der Waals surface area (Å²) in [6, 6.07) is 7.64. The predicted molar refractivity (Wildman–Crippen MR) is 98.0 cm³/mol. The third-order valence-electron chi connectivity index (χ3n) is 3.52. The summed E-state index contributed by atoms with van der Waals surface area (Å²) in [5.74, 6) is -0.816. The molecule has 0 bridgehead atoms. The zero-order valence-electron chi connectivity index (χ0n) is 14.4. The number of nitrogens with one attached hydrogen (secondary N) is 1. The molecular formula is C18H22N2O4S. The second-order valence-corrected chi connectivity index (χ2v) is 6.49. The maximum Gasteiger partial charge on any atom is 0.333 e. The Labute approximate surface area is 151 Å². The van der Waals surface area contributed by atoms with Gasteiger partial charge in [0, 0.05) is 5.69 Å². The van der Waals surface area contributed by atoms with E-state index in [0.29, 0.717) is 10.7 Å². The van der Waals surface area contributed by atoms with E-state index in [9.17, 15) is 14.4 Å². The van der Waals surface area contributed by atoms with Crippen molar-refractivity contribution in [3.8, 4) is 0 Å². The van der Waals surface area contributed by atoms with Gasteiger partial charge in [-0.1, -0.05) is 37.2 Å². The summed E-state index contributed by atoms with van der Waals surface area (Å²) in [6.45, 7) is 3.95. The van der Waals surface area contributed by atoms with E-state index in [4.69, 9.17) is 4.74 Å². The predicted octanol–water partition coefficient (Wildman–Crippen LogP) is 2.56. The third kappa shape index (κ3) is 5.63. The molecule has 2 amide bonds. The fraction of sp³-hybridized carbons (Fsp3) is 0.389. The van der Waals surface area contributed by atoms with Gasteiger partial charge in [-0.25, -0.2) is 4.79 Å². The van der Waals surface area contributed by atoms with Crippen LogP contribution in [0.2, 0.25) is 0 Å². The number of hydrogen-bond acceptors (Lipinski definition) is 5. The average molecular weight is 362 g/mol. The van der Waals surface area contributed by atoms with Crippen molar-refractivity contribution in [3.63, 3.8) is 0 Å². The fourth-order valence-electron chi connectivity index (χ4n) is 2.37. The SMILES string of the molecule is CCCc1ccc(NC(=O)CN2C(=O)CS/C2=C\C(=O)OCC)cc1. The maximum absolute atomic E-state index is 12.2. The Bertz CT molecular complexity index is 670. The average Bonchev–Trinajstić information content (AvgIpc) is 2.90. The molecule has 0 radical (unpaired) electrons. The van der Waals surface area contributed by atoms with Crippen LogP contribution in [0.1, 0.15) is 25.8 Å². The van der Waals surface area contributed by atoms with Crippen LogP contribution < -0.4 is 5.32 Å². The van der Waals surface area contributed by atoms with Crippen molar-refractivity contribution in [2.45, 2.75) is 26.7 Å². The lowest BCUT2D eigenvalue weighted by atomic mass is 10.1. The fourth-order valence-corrected chi connectivity index (χ4v) is 3.30. The molecule has 1 heterocycles. The summed E-state index contributed by atoms with van der Waals surface area (Å²) < 4.78 is 4.85. The Hall–Kier alpha value is -2.28. The Morgan fingerprint density at radius 2 is 2.00 bits per heavy atom. The molecular weight excluding hydrogens is 340 g/mol. The topological polar surface area (TPSA) is 75.7 Å². The molecule has 25 heavy (non-hydrogen) atoms. The highest BCUT2D eigenvalue weighted by Gasteiger charge is 2.29. The van der Waals surface area contributed by atoms with E-state index >= 15 is 0 Å². The molecule has 1 fully saturated rings. The molecule has 0 saturated carbocycles. The first-order valence-corrected chi connectivity index (χ1v) is 9.22. The minimum Gasteiger partial charge on any atom is -0.463 e. The molecule has 0 atom stereocenters. The molecule has 134 valence electrons. The van der Waals surface area contributed by atoms with Gasteiger partial charge >= 0.3 is 5.97 Å². The van der Waals surface area contributed by atoms with Gasteiger partial charge in [0.05, 0.1) is 23.5 Å². The number of thioether (sulfide) groups is 1. The normalized spacial score (nSPS) is 15.5. The van der Waals surface area contributed by atoms with Crippen LogP contribution in [0.15, 0.2) is 35.4 Å². The van der Waals surface area contributed by atoms with Gasteiger partial charge in [0.25, 0.3) is 0 Å². The van der Waals surface area contributed by atoms with Crippen LogP contribution in [0.4, 0.5) is 5.69 Å². The van der Waals surface area contributed by atoms with Gasteiger partial charge in [0.15, 0.2) is 0 Å². The number of amides is 2. The summed E-state index contributed by atoms with van der Waals surface area (Å²) in [5.41, 5.74) is 1.89. The minimum atomic E-state index is -0.517. The molecule has 1 aliphatic heterocycles. The summed E-state index contributed by atoms with van der Waals surface area (Å²) in [4.78, 5) is 37.1. The zero-order chi connectivity index (χ0) is 18.2. The van der Waals surface area contributed by atoms with Gasteiger partial charge in [-0.3, -0.25) is 14.5 Å². The van der Waals surface area contributed by atoms with Crippen molar-refractivity contribution in [1.29, 1.82) is 0 Å². The number of carbonyl (C=O) groups excluding carboxylic acids is 3. The molecule has 6 nitrogen and oxygen atoms in total. The summed E-state index contributed by atoms with van der Waals surface area (Å²) >= 11 is 1.23. The van der Waals surface area contributed by atoms with Gasteiger partial charge in [0.1, 0.15) is 6.54 Å². The molecule has 0 unspecified atom stereocenters. The van der Waals surface area contributed by atoms with Crippen molar-refractivity contribution in [3.05, 3.63) is 40.9 Å². The second-order valence-electron chi connectivity index (χ2n) is 5.50. The lowest BCUT2D eigenvalue weighted by Crippen LogP contribution is -2.34. The zero-order valence-corrected chi connectivity index (χ0v) is 15.2. The number of aryl methyl sites for hydroxylation is 1. The molecule has 0 aromatic heterocycles. The second kappa shape index (κ2) is 9.27. The first-order chi connectivity index (χ1) is 12.0. The number of carbonyl (C=O) groups is 3. The number of hydrogen-bond donors (Lipinski definition) is 1. The highest BCUT2D eigenvalue weighted by atomic mass is 32.2. The van der Waals surface area contributed by atoms with Crippen molar-refractivity contribution in [2.24, 2.45) is 0 Å². The van der Waals surface area contributed by atoms with Gasteiger partial charge in [-0.2, -0.15) is 0 Å². The van der Waals surface area contributed by atoms with Crippen LogP contribution in [-0.4, -0.2) is 41.6 Å². The van der Waals surface area contributed by atoms with Crippen molar-refractivity contribution in [1.82, 2.24) is 4.90 Å². The summed E-state index contributed by atoms with van der Waals surface area (Å²) in [6.07, 6.45) is 3.32. The van der Waals surface area contributed by atoms with Gasteiger partial charge in [-0.05, 0) is 31.0 Å². The van der Waals surface area contributed by atoms with Crippen LogP contribution in [0, 0.1) is 0 Å². The van der Waals surface area contributed by atoms with Gasteiger partial charge in [-0.15, -0.1) is 0 Å². The highest BCUT2D eigenvalue weighted by molar-refractivity contribution is 8.04. The largest absolute Gasteiger partial charge is 0.463 e. The lowest BCUT2D eigenvalue weighted by molar-refractivity contribution is -0.137. The van der Waals surface area contributed by atoms with Crippen LogP contribution in [0.3, 0.4) is 0 Å². The monoisotopic (exact) mass is 362 g/mol. The highest BCUT2D eigenvalue weighted by Crippen LogP contribution is 2.28. The quantitative estimate of drug-likeness (QED) is 0.596. The van der Waals surface area contributed by atoms with E-state index in [2.05, 4.69) is 12.2 Å². The molecule has 0 spiro atoms. The first kappa shape index (κ1) is 19.1. The molecule has 1 aromatic carbocycles. The number of anilines is 1. The van der Waals surface area contributed by atoms with Crippen molar-refractivity contribution < 1.29 is 19.1 Å². The molecule has 1 N–H and O–H groups in total.